The van der Waals surface area contributed by atoms with Crippen LogP contribution in [0.25, 0.3) is 0 Å². The lowest BCUT2D eigenvalue weighted by Crippen LogP contribution is -2.60. The van der Waals surface area contributed by atoms with Gasteiger partial charge in [0, 0.05) is 41.3 Å². The Bertz CT molecular complexity index is 412. The first-order chi connectivity index (χ1) is 10.4. The zero-order chi connectivity index (χ0) is 16.1. The van der Waals surface area contributed by atoms with Crippen molar-refractivity contribution in [3.63, 3.8) is 0 Å². The van der Waals surface area contributed by atoms with E-state index in [1.54, 1.807) is 9.80 Å². The average Bonchev–Trinajstić information content (AvgIpc) is 3.13. The molecule has 0 N–H and O–H groups in total. The van der Waals surface area contributed by atoms with Crippen LogP contribution in [-0.4, -0.2) is 86.8 Å². The van der Waals surface area contributed by atoms with Crippen molar-refractivity contribution in [1.29, 1.82) is 0 Å². The van der Waals surface area contributed by atoms with Crippen LogP contribution in [0.3, 0.4) is 0 Å². The van der Waals surface area contributed by atoms with Crippen molar-refractivity contribution in [2.45, 2.75) is 36.5 Å². The molecule has 0 aliphatic carbocycles. The molecular weight excluding hydrogens is 292 g/mol. The molecule has 0 bridgehead atoms. The van der Waals surface area contributed by atoms with Gasteiger partial charge in [-0.05, 0) is 0 Å². The largest absolute Gasteiger partial charge is 0.351 e. The Morgan fingerprint density at radius 2 is 1.09 bits per heavy atom. The van der Waals surface area contributed by atoms with E-state index in [2.05, 4.69) is 0 Å². The third-order valence-electron chi connectivity index (χ3n) is 5.21. The fourth-order valence-electron chi connectivity index (χ4n) is 3.72. The molecule has 8 nitrogen and oxygen atoms in total. The van der Waals surface area contributed by atoms with Gasteiger partial charge in [0.05, 0.1) is 13.1 Å². The first-order valence-electron chi connectivity index (χ1n) is 7.26. The standard InChI is InChI=1S/C14H22N2O6/c1-19-13(20-2)5-9-11(17)16-8-14(21-3,22-4)6-10(16)12(18)15(9)7-13/h9-10H,5-8H2,1-4H3/t9-,10-/m0/s1. The molecule has 3 aliphatic heterocycles. The van der Waals surface area contributed by atoms with E-state index in [4.69, 9.17) is 18.9 Å². The summed E-state index contributed by atoms with van der Waals surface area (Å²) in [5, 5.41) is 0. The summed E-state index contributed by atoms with van der Waals surface area (Å²) < 4.78 is 21.6. The maximum absolute atomic E-state index is 12.8. The third kappa shape index (κ3) is 1.98. The van der Waals surface area contributed by atoms with Gasteiger partial charge in [-0.15, -0.1) is 0 Å². The number of carbonyl (C=O) groups excluding carboxylic acids is 2. The van der Waals surface area contributed by atoms with Gasteiger partial charge < -0.3 is 28.7 Å². The number of carbonyl (C=O) groups is 2. The van der Waals surface area contributed by atoms with Gasteiger partial charge in [-0.2, -0.15) is 0 Å². The highest BCUT2D eigenvalue weighted by Gasteiger charge is 2.61. The van der Waals surface area contributed by atoms with Crippen LogP contribution in [0.1, 0.15) is 12.8 Å². The number of rotatable bonds is 4. The Kier molecular flexibility index (Phi) is 3.67. The van der Waals surface area contributed by atoms with Crippen molar-refractivity contribution >= 4 is 11.8 Å². The van der Waals surface area contributed by atoms with Crippen molar-refractivity contribution in [2.24, 2.45) is 0 Å². The summed E-state index contributed by atoms with van der Waals surface area (Å²) in [6.07, 6.45) is 0.668. The van der Waals surface area contributed by atoms with Crippen LogP contribution >= 0.6 is 0 Å². The number of ether oxygens (including phenoxy) is 4. The molecule has 3 aliphatic rings. The van der Waals surface area contributed by atoms with E-state index in [1.165, 1.54) is 28.4 Å². The van der Waals surface area contributed by atoms with Gasteiger partial charge in [-0.25, -0.2) is 0 Å². The van der Waals surface area contributed by atoms with E-state index in [9.17, 15) is 9.59 Å². The fourth-order valence-corrected chi connectivity index (χ4v) is 3.72. The quantitative estimate of drug-likeness (QED) is 0.631. The average molecular weight is 314 g/mol. The predicted molar refractivity (Wildman–Crippen MR) is 73.7 cm³/mol. The maximum Gasteiger partial charge on any atom is 0.246 e. The summed E-state index contributed by atoms with van der Waals surface area (Å²) in [6.45, 7) is 0.513. The highest BCUT2D eigenvalue weighted by molar-refractivity contribution is 5.98. The van der Waals surface area contributed by atoms with Gasteiger partial charge in [0.15, 0.2) is 11.6 Å². The molecule has 0 aromatic rings. The highest BCUT2D eigenvalue weighted by atomic mass is 16.7. The molecule has 0 aromatic carbocycles. The van der Waals surface area contributed by atoms with Crippen molar-refractivity contribution in [3.05, 3.63) is 0 Å². The second kappa shape index (κ2) is 5.16. The Labute approximate surface area is 129 Å². The number of methoxy groups -OCH3 is 4. The van der Waals surface area contributed by atoms with E-state index in [-0.39, 0.29) is 24.9 Å². The van der Waals surface area contributed by atoms with Crippen LogP contribution in [0.2, 0.25) is 0 Å². The summed E-state index contributed by atoms with van der Waals surface area (Å²) >= 11 is 0. The third-order valence-corrected chi connectivity index (χ3v) is 5.21. The zero-order valence-corrected chi connectivity index (χ0v) is 13.3. The van der Waals surface area contributed by atoms with Crippen LogP contribution in [-0.2, 0) is 28.5 Å². The van der Waals surface area contributed by atoms with Crippen LogP contribution in [0.15, 0.2) is 0 Å². The number of fused-ring (bicyclic) bond motifs is 2. The van der Waals surface area contributed by atoms with E-state index in [1.807, 2.05) is 0 Å². The molecule has 0 spiro atoms. The number of hydrogen-bond donors (Lipinski definition) is 0. The van der Waals surface area contributed by atoms with Crippen LogP contribution in [0.5, 0.6) is 0 Å². The summed E-state index contributed by atoms with van der Waals surface area (Å²) in [7, 11) is 6.11. The smallest absolute Gasteiger partial charge is 0.246 e. The molecule has 8 heteroatoms. The predicted octanol–water partition coefficient (Wildman–Crippen LogP) is -0.820. The van der Waals surface area contributed by atoms with E-state index in [0.717, 1.165) is 0 Å². The minimum Gasteiger partial charge on any atom is -0.351 e. The first kappa shape index (κ1) is 15.7. The molecule has 3 rings (SSSR count). The molecule has 3 saturated heterocycles. The number of piperazine rings is 1. The molecule has 2 amide bonds. The molecule has 2 atom stereocenters. The summed E-state index contributed by atoms with van der Waals surface area (Å²) in [5.74, 6) is -2.02. The molecular formula is C14H22N2O6. The zero-order valence-electron chi connectivity index (χ0n) is 13.3. The van der Waals surface area contributed by atoms with E-state index >= 15 is 0 Å². The van der Waals surface area contributed by atoms with E-state index in [0.29, 0.717) is 12.8 Å². The lowest BCUT2D eigenvalue weighted by molar-refractivity contribution is -0.199. The van der Waals surface area contributed by atoms with Crippen molar-refractivity contribution < 1.29 is 28.5 Å². The SMILES string of the molecule is COC1(OC)C[C@H]2C(=O)N3CC(OC)(OC)C[C@H]3C(=O)N2C1. The normalized spacial score (nSPS) is 32.4. The number of hydrogen-bond acceptors (Lipinski definition) is 6. The Morgan fingerprint density at radius 3 is 1.36 bits per heavy atom. The molecule has 3 fully saturated rings. The minimum atomic E-state index is -0.907. The number of amides is 2. The topological polar surface area (TPSA) is 77.5 Å². The molecule has 124 valence electrons. The molecule has 3 heterocycles. The molecule has 0 radical (unpaired) electrons. The van der Waals surface area contributed by atoms with E-state index < -0.39 is 23.7 Å². The Hall–Kier alpha value is -1.22. The lowest BCUT2D eigenvalue weighted by atomic mass is 10.0. The van der Waals surface area contributed by atoms with Gasteiger partial charge in [0.2, 0.25) is 11.8 Å². The molecule has 0 aromatic heterocycles. The second-order valence-corrected chi connectivity index (χ2v) is 6.01. The molecule has 22 heavy (non-hydrogen) atoms. The highest BCUT2D eigenvalue weighted by Crippen LogP contribution is 2.41. The van der Waals surface area contributed by atoms with Gasteiger partial charge in [-0.3, -0.25) is 9.59 Å². The van der Waals surface area contributed by atoms with Gasteiger partial charge >= 0.3 is 0 Å². The van der Waals surface area contributed by atoms with Gasteiger partial charge in [0.1, 0.15) is 12.1 Å². The maximum atomic E-state index is 12.8. The monoisotopic (exact) mass is 314 g/mol. The lowest BCUT2D eigenvalue weighted by Gasteiger charge is -2.37. The van der Waals surface area contributed by atoms with Crippen LogP contribution in [0.4, 0.5) is 0 Å². The number of nitrogens with zero attached hydrogens (tertiary/aromatic N) is 2. The Balaban J connectivity index is 1.89. The summed E-state index contributed by atoms with van der Waals surface area (Å²) in [4.78, 5) is 28.7. The molecule has 0 unspecified atom stereocenters. The van der Waals surface area contributed by atoms with Crippen LogP contribution in [0, 0.1) is 0 Å². The van der Waals surface area contributed by atoms with Crippen molar-refractivity contribution in [2.75, 3.05) is 41.5 Å². The fraction of sp³-hybridized carbons (Fsp3) is 0.857. The van der Waals surface area contributed by atoms with Crippen LogP contribution < -0.4 is 0 Å². The second-order valence-electron chi connectivity index (χ2n) is 6.01. The van der Waals surface area contributed by atoms with Crippen molar-refractivity contribution in [1.82, 2.24) is 9.80 Å². The minimum absolute atomic E-state index is 0.100. The van der Waals surface area contributed by atoms with Gasteiger partial charge in [0.25, 0.3) is 0 Å². The first-order valence-corrected chi connectivity index (χ1v) is 7.26. The Morgan fingerprint density at radius 1 is 0.773 bits per heavy atom. The summed E-state index contributed by atoms with van der Waals surface area (Å²) in [5.41, 5.74) is 0. The van der Waals surface area contributed by atoms with Gasteiger partial charge in [-0.1, -0.05) is 0 Å². The summed E-state index contributed by atoms with van der Waals surface area (Å²) in [6, 6.07) is -1.10. The van der Waals surface area contributed by atoms with Crippen molar-refractivity contribution in [3.8, 4) is 0 Å². The molecule has 0 saturated carbocycles.